The van der Waals surface area contributed by atoms with E-state index in [1.54, 1.807) is 46.2 Å². The maximum absolute atomic E-state index is 13.1. The molecule has 0 unspecified atom stereocenters. The van der Waals surface area contributed by atoms with Crippen LogP contribution in [0.2, 0.25) is 0 Å². The van der Waals surface area contributed by atoms with Gasteiger partial charge in [0.15, 0.2) is 0 Å². The SMILES string of the molecule is O=C(CN1C(=O)c2ccccc2C1=O)N1CCN(C(=O)[C@@H]2C[C@H]2c2ccc(F)cc2)CC1. The van der Waals surface area contributed by atoms with Gasteiger partial charge in [0.2, 0.25) is 11.8 Å². The number of hydrogen-bond donors (Lipinski definition) is 0. The van der Waals surface area contributed by atoms with Crippen LogP contribution in [0.1, 0.15) is 38.6 Å². The lowest BCUT2D eigenvalue weighted by atomic mass is 10.1. The quantitative estimate of drug-likeness (QED) is 0.688. The number of rotatable bonds is 4. The van der Waals surface area contributed by atoms with Crippen molar-refractivity contribution in [2.75, 3.05) is 32.7 Å². The second-order valence-corrected chi connectivity index (χ2v) is 8.45. The van der Waals surface area contributed by atoms with Crippen molar-refractivity contribution in [3.8, 4) is 0 Å². The summed E-state index contributed by atoms with van der Waals surface area (Å²) in [6.07, 6.45) is 0.753. The van der Waals surface area contributed by atoms with Gasteiger partial charge in [-0.05, 0) is 42.2 Å². The summed E-state index contributed by atoms with van der Waals surface area (Å²) < 4.78 is 13.1. The molecule has 0 radical (unpaired) electrons. The molecule has 2 fully saturated rings. The summed E-state index contributed by atoms with van der Waals surface area (Å²) in [6, 6.07) is 12.8. The van der Waals surface area contributed by atoms with Crippen LogP contribution in [0.5, 0.6) is 0 Å². The van der Waals surface area contributed by atoms with Crippen LogP contribution in [0.3, 0.4) is 0 Å². The zero-order valence-electron chi connectivity index (χ0n) is 17.4. The van der Waals surface area contributed by atoms with Crippen molar-refractivity contribution in [2.45, 2.75) is 12.3 Å². The average Bonchev–Trinajstić information content (AvgIpc) is 3.58. The summed E-state index contributed by atoms with van der Waals surface area (Å²) in [5.74, 6) is -1.41. The third kappa shape index (κ3) is 3.55. The van der Waals surface area contributed by atoms with Gasteiger partial charge < -0.3 is 9.80 Å². The topological polar surface area (TPSA) is 78.0 Å². The molecule has 1 saturated heterocycles. The number of carbonyl (C=O) groups is 4. The normalized spacial score (nSPS) is 22.2. The molecule has 2 heterocycles. The molecule has 2 aliphatic heterocycles. The van der Waals surface area contributed by atoms with Gasteiger partial charge in [-0.15, -0.1) is 0 Å². The molecular formula is C24H22FN3O4. The Kier molecular flexibility index (Phi) is 5.00. The van der Waals surface area contributed by atoms with Gasteiger partial charge in [0.05, 0.1) is 11.1 Å². The summed E-state index contributed by atoms with van der Waals surface area (Å²) in [5, 5.41) is 0. The largest absolute Gasteiger partial charge is 0.339 e. The Morgan fingerprint density at radius 2 is 1.41 bits per heavy atom. The molecule has 0 spiro atoms. The first kappa shape index (κ1) is 20.4. The van der Waals surface area contributed by atoms with Crippen molar-refractivity contribution in [3.05, 3.63) is 71.0 Å². The lowest BCUT2D eigenvalue weighted by Gasteiger charge is -2.35. The summed E-state index contributed by atoms with van der Waals surface area (Å²) in [5.41, 5.74) is 1.61. The maximum Gasteiger partial charge on any atom is 0.262 e. The van der Waals surface area contributed by atoms with Gasteiger partial charge in [0, 0.05) is 32.1 Å². The first-order chi connectivity index (χ1) is 15.4. The molecule has 1 aliphatic carbocycles. The van der Waals surface area contributed by atoms with Crippen LogP contribution in [-0.4, -0.2) is 71.1 Å². The number of piperazine rings is 1. The third-order valence-corrected chi connectivity index (χ3v) is 6.52. The van der Waals surface area contributed by atoms with Crippen LogP contribution in [-0.2, 0) is 9.59 Å². The number of nitrogens with zero attached hydrogens (tertiary/aromatic N) is 3. The molecule has 3 aliphatic rings. The maximum atomic E-state index is 13.1. The van der Waals surface area contributed by atoms with Crippen LogP contribution in [0, 0.1) is 11.7 Å². The molecule has 7 nitrogen and oxygen atoms in total. The van der Waals surface area contributed by atoms with Crippen LogP contribution < -0.4 is 0 Å². The minimum Gasteiger partial charge on any atom is -0.339 e. The zero-order chi connectivity index (χ0) is 22.4. The van der Waals surface area contributed by atoms with Crippen molar-refractivity contribution in [1.29, 1.82) is 0 Å². The monoisotopic (exact) mass is 435 g/mol. The predicted octanol–water partition coefficient (Wildman–Crippen LogP) is 1.90. The Labute approximate surface area is 184 Å². The molecule has 4 amide bonds. The molecule has 2 atom stereocenters. The number of halogens is 1. The fraction of sp³-hybridized carbons (Fsp3) is 0.333. The Hall–Kier alpha value is -3.55. The van der Waals surface area contributed by atoms with Gasteiger partial charge >= 0.3 is 0 Å². The van der Waals surface area contributed by atoms with Crippen LogP contribution in [0.4, 0.5) is 4.39 Å². The molecule has 5 rings (SSSR count). The van der Waals surface area contributed by atoms with E-state index in [0.717, 1.165) is 16.9 Å². The molecule has 0 N–H and O–H groups in total. The highest BCUT2D eigenvalue weighted by atomic mass is 19.1. The lowest BCUT2D eigenvalue weighted by Crippen LogP contribution is -2.53. The van der Waals surface area contributed by atoms with Crippen molar-refractivity contribution >= 4 is 23.6 Å². The predicted molar refractivity (Wildman–Crippen MR) is 112 cm³/mol. The second-order valence-electron chi connectivity index (χ2n) is 8.45. The average molecular weight is 435 g/mol. The van der Waals surface area contributed by atoms with Crippen LogP contribution >= 0.6 is 0 Å². The molecule has 2 aromatic carbocycles. The van der Waals surface area contributed by atoms with E-state index in [9.17, 15) is 23.6 Å². The minimum atomic E-state index is -0.451. The van der Waals surface area contributed by atoms with E-state index in [1.165, 1.54) is 12.1 Å². The second kappa shape index (κ2) is 7.85. The van der Waals surface area contributed by atoms with Crippen molar-refractivity contribution < 1.29 is 23.6 Å². The number of carbonyl (C=O) groups excluding carboxylic acids is 4. The minimum absolute atomic E-state index is 0.0618. The number of hydrogen-bond acceptors (Lipinski definition) is 4. The van der Waals surface area contributed by atoms with Gasteiger partial charge in [-0.25, -0.2) is 4.39 Å². The summed E-state index contributed by atoms with van der Waals surface area (Å²) in [4.78, 5) is 54.9. The first-order valence-electron chi connectivity index (χ1n) is 10.7. The number of imide groups is 1. The van der Waals surface area contributed by atoms with Crippen LogP contribution in [0.25, 0.3) is 0 Å². The van der Waals surface area contributed by atoms with Crippen molar-refractivity contribution in [1.82, 2.24) is 14.7 Å². The fourth-order valence-corrected chi connectivity index (χ4v) is 4.58. The van der Waals surface area contributed by atoms with E-state index in [-0.39, 0.29) is 36.0 Å². The number of fused-ring (bicyclic) bond motifs is 1. The molecule has 8 heteroatoms. The Morgan fingerprint density at radius 1 is 0.844 bits per heavy atom. The zero-order valence-corrected chi connectivity index (χ0v) is 17.4. The Balaban J connectivity index is 1.14. The standard InChI is InChI=1S/C24H22FN3O4/c25-16-7-5-15(6-8-16)19-13-20(19)22(30)27-11-9-26(10-12-27)21(29)14-28-23(31)17-3-1-2-4-18(17)24(28)32/h1-8,19-20H,9-14H2/t19-,20+/m0/s1. The molecule has 0 aromatic heterocycles. The Morgan fingerprint density at radius 3 is 2.00 bits per heavy atom. The highest BCUT2D eigenvalue weighted by Crippen LogP contribution is 2.48. The molecule has 164 valence electrons. The Bertz CT molecular complexity index is 1070. The van der Waals surface area contributed by atoms with Crippen LogP contribution in [0.15, 0.2) is 48.5 Å². The molecule has 32 heavy (non-hydrogen) atoms. The van der Waals surface area contributed by atoms with Gasteiger partial charge in [-0.1, -0.05) is 24.3 Å². The molecule has 2 aromatic rings. The summed E-state index contributed by atoms with van der Waals surface area (Å²) in [6.45, 7) is 1.26. The van der Waals surface area contributed by atoms with E-state index in [2.05, 4.69) is 0 Å². The summed E-state index contributed by atoms with van der Waals surface area (Å²) in [7, 11) is 0. The molecule has 0 bridgehead atoms. The summed E-state index contributed by atoms with van der Waals surface area (Å²) >= 11 is 0. The number of benzene rings is 2. The highest BCUT2D eigenvalue weighted by Gasteiger charge is 2.46. The fourth-order valence-electron chi connectivity index (χ4n) is 4.58. The van der Waals surface area contributed by atoms with E-state index >= 15 is 0 Å². The highest BCUT2D eigenvalue weighted by molar-refractivity contribution is 6.22. The first-order valence-corrected chi connectivity index (χ1v) is 10.7. The smallest absolute Gasteiger partial charge is 0.262 e. The lowest BCUT2D eigenvalue weighted by molar-refractivity contribution is -0.140. The van der Waals surface area contributed by atoms with Gasteiger partial charge in [-0.3, -0.25) is 24.1 Å². The number of amides is 4. The van der Waals surface area contributed by atoms with E-state index in [0.29, 0.717) is 37.3 Å². The van der Waals surface area contributed by atoms with Crippen molar-refractivity contribution in [2.24, 2.45) is 5.92 Å². The van der Waals surface area contributed by atoms with Gasteiger partial charge in [-0.2, -0.15) is 0 Å². The van der Waals surface area contributed by atoms with Gasteiger partial charge in [0.25, 0.3) is 11.8 Å². The van der Waals surface area contributed by atoms with E-state index in [1.807, 2.05) is 0 Å². The molecular weight excluding hydrogens is 413 g/mol. The van der Waals surface area contributed by atoms with E-state index in [4.69, 9.17) is 0 Å². The van der Waals surface area contributed by atoms with Gasteiger partial charge in [0.1, 0.15) is 12.4 Å². The van der Waals surface area contributed by atoms with E-state index < -0.39 is 11.8 Å². The molecule has 1 saturated carbocycles. The third-order valence-electron chi connectivity index (χ3n) is 6.52. The van der Waals surface area contributed by atoms with Crippen molar-refractivity contribution in [3.63, 3.8) is 0 Å².